The van der Waals surface area contributed by atoms with Gasteiger partial charge in [-0.05, 0) is 43.0 Å². The molecule has 0 saturated carbocycles. The molecule has 128 valence electrons. The van der Waals surface area contributed by atoms with E-state index in [-0.39, 0.29) is 10.9 Å². The van der Waals surface area contributed by atoms with Crippen molar-refractivity contribution in [2.24, 2.45) is 0 Å². The van der Waals surface area contributed by atoms with Crippen LogP contribution in [-0.4, -0.2) is 14.5 Å². The van der Waals surface area contributed by atoms with E-state index in [9.17, 15) is 8.42 Å². The van der Waals surface area contributed by atoms with Gasteiger partial charge in [0.25, 0.3) is 0 Å². The fourth-order valence-electron chi connectivity index (χ4n) is 2.32. The lowest BCUT2D eigenvalue weighted by Gasteiger charge is -2.11. The number of rotatable bonds is 6. The Balaban J connectivity index is 2.03. The monoisotopic (exact) mass is 343 g/mol. The highest BCUT2D eigenvalue weighted by atomic mass is 32.2. The Hall–Kier alpha value is -1.91. The van der Waals surface area contributed by atoms with Crippen molar-refractivity contribution in [3.05, 3.63) is 71.3 Å². The number of benzene rings is 2. The molecule has 0 aromatic heterocycles. The second kappa shape index (κ2) is 7.77. The standard InChI is InChI=1S/C20H25NO2S/c1-15(2)19-11-9-18(10-12-19)8-7-17(4)21-24(22,23)20-13-5-16(3)6-14-20/h5-15,17,21H,1-4H3/b8-7+. The SMILES string of the molecule is Cc1ccc(S(=O)(=O)NC(C)/C=C/c2ccc(C(C)C)cc2)cc1. The third kappa shape index (κ3) is 5.05. The van der Waals surface area contributed by atoms with E-state index in [1.807, 2.05) is 38.1 Å². The summed E-state index contributed by atoms with van der Waals surface area (Å²) in [5.74, 6) is 0.503. The molecule has 2 rings (SSSR count). The Morgan fingerprint density at radius 1 is 0.917 bits per heavy atom. The molecular weight excluding hydrogens is 318 g/mol. The lowest BCUT2D eigenvalue weighted by Crippen LogP contribution is -2.31. The maximum Gasteiger partial charge on any atom is 0.241 e. The molecule has 0 heterocycles. The van der Waals surface area contributed by atoms with Gasteiger partial charge in [-0.1, -0.05) is 68.0 Å². The van der Waals surface area contributed by atoms with Gasteiger partial charge >= 0.3 is 0 Å². The maximum absolute atomic E-state index is 12.3. The number of hydrogen-bond donors (Lipinski definition) is 1. The number of aryl methyl sites for hydroxylation is 1. The molecule has 2 aromatic rings. The summed E-state index contributed by atoms with van der Waals surface area (Å²) >= 11 is 0. The largest absolute Gasteiger partial charge is 0.241 e. The van der Waals surface area contributed by atoms with E-state index < -0.39 is 10.0 Å². The van der Waals surface area contributed by atoms with Crippen molar-refractivity contribution >= 4 is 16.1 Å². The summed E-state index contributed by atoms with van der Waals surface area (Å²) in [7, 11) is -3.50. The van der Waals surface area contributed by atoms with Crippen LogP contribution in [0.5, 0.6) is 0 Å². The van der Waals surface area contributed by atoms with Crippen LogP contribution in [0.25, 0.3) is 6.08 Å². The molecule has 3 nitrogen and oxygen atoms in total. The maximum atomic E-state index is 12.3. The summed E-state index contributed by atoms with van der Waals surface area (Å²) in [4.78, 5) is 0.287. The average Bonchev–Trinajstić information content (AvgIpc) is 2.53. The van der Waals surface area contributed by atoms with E-state index in [1.165, 1.54) is 5.56 Å². The topological polar surface area (TPSA) is 46.2 Å². The molecular formula is C20H25NO2S. The molecule has 0 amide bonds. The predicted octanol–water partition coefficient (Wildman–Crippen LogP) is 4.50. The molecule has 24 heavy (non-hydrogen) atoms. The zero-order valence-corrected chi connectivity index (χ0v) is 15.5. The van der Waals surface area contributed by atoms with E-state index in [2.05, 4.69) is 30.7 Å². The van der Waals surface area contributed by atoms with Gasteiger partial charge in [-0.15, -0.1) is 0 Å². The van der Waals surface area contributed by atoms with Gasteiger partial charge in [0.2, 0.25) is 10.0 Å². The van der Waals surface area contributed by atoms with E-state index >= 15 is 0 Å². The molecule has 0 bridgehead atoms. The lowest BCUT2D eigenvalue weighted by molar-refractivity contribution is 0.576. The predicted molar refractivity (Wildman–Crippen MR) is 101 cm³/mol. The first-order chi connectivity index (χ1) is 11.3. The van der Waals surface area contributed by atoms with Crippen LogP contribution in [0, 0.1) is 6.92 Å². The van der Waals surface area contributed by atoms with Crippen molar-refractivity contribution in [1.82, 2.24) is 4.72 Å². The highest BCUT2D eigenvalue weighted by molar-refractivity contribution is 7.89. The van der Waals surface area contributed by atoms with Crippen molar-refractivity contribution in [1.29, 1.82) is 0 Å². The van der Waals surface area contributed by atoms with Gasteiger partial charge < -0.3 is 0 Å². The smallest absolute Gasteiger partial charge is 0.207 e. The second-order valence-electron chi connectivity index (χ2n) is 6.40. The van der Waals surface area contributed by atoms with Crippen LogP contribution in [0.4, 0.5) is 0 Å². The number of sulfonamides is 1. The summed E-state index contributed by atoms with van der Waals surface area (Å²) in [5.41, 5.74) is 3.38. The second-order valence-corrected chi connectivity index (χ2v) is 8.12. The molecule has 1 atom stereocenters. The molecule has 1 unspecified atom stereocenters. The molecule has 4 heteroatoms. The third-order valence-corrected chi connectivity index (χ3v) is 5.43. The Kier molecular flexibility index (Phi) is 5.97. The zero-order chi connectivity index (χ0) is 17.7. The molecule has 2 aromatic carbocycles. The van der Waals surface area contributed by atoms with E-state index in [1.54, 1.807) is 24.3 Å². The quantitative estimate of drug-likeness (QED) is 0.839. The van der Waals surface area contributed by atoms with Gasteiger partial charge in [0.15, 0.2) is 0 Å². The van der Waals surface area contributed by atoms with E-state index in [0.717, 1.165) is 11.1 Å². The highest BCUT2D eigenvalue weighted by Gasteiger charge is 2.15. The minimum Gasteiger partial charge on any atom is -0.207 e. The molecule has 0 aliphatic rings. The van der Waals surface area contributed by atoms with Crippen molar-refractivity contribution in [2.45, 2.75) is 44.6 Å². The summed E-state index contributed by atoms with van der Waals surface area (Å²) in [6.45, 7) is 8.07. The Morgan fingerprint density at radius 3 is 2.04 bits per heavy atom. The normalized spacial score (nSPS) is 13.5. The van der Waals surface area contributed by atoms with Gasteiger partial charge in [0.05, 0.1) is 4.90 Å². The van der Waals surface area contributed by atoms with Gasteiger partial charge in [-0.25, -0.2) is 13.1 Å². The molecule has 0 saturated heterocycles. The Morgan fingerprint density at radius 2 is 1.50 bits per heavy atom. The Labute approximate surface area is 145 Å². The van der Waals surface area contributed by atoms with Crippen LogP contribution < -0.4 is 4.72 Å². The number of nitrogens with one attached hydrogen (secondary N) is 1. The Bertz CT molecular complexity index is 789. The van der Waals surface area contributed by atoms with E-state index in [0.29, 0.717) is 5.92 Å². The van der Waals surface area contributed by atoms with Crippen LogP contribution >= 0.6 is 0 Å². The zero-order valence-electron chi connectivity index (χ0n) is 14.7. The average molecular weight is 343 g/mol. The fourth-order valence-corrected chi connectivity index (χ4v) is 3.52. The van der Waals surface area contributed by atoms with E-state index in [4.69, 9.17) is 0 Å². The molecule has 0 fully saturated rings. The minimum absolute atomic E-state index is 0.287. The van der Waals surface area contributed by atoms with Crippen LogP contribution in [0.3, 0.4) is 0 Å². The van der Waals surface area contributed by atoms with Crippen LogP contribution in [0.15, 0.2) is 59.5 Å². The van der Waals surface area contributed by atoms with Gasteiger partial charge in [-0.2, -0.15) is 0 Å². The van der Waals surface area contributed by atoms with Crippen LogP contribution in [0.2, 0.25) is 0 Å². The first kappa shape index (κ1) is 18.4. The number of hydrogen-bond acceptors (Lipinski definition) is 2. The summed E-state index contributed by atoms with van der Waals surface area (Å²) in [5, 5.41) is 0. The summed E-state index contributed by atoms with van der Waals surface area (Å²) < 4.78 is 27.4. The first-order valence-electron chi connectivity index (χ1n) is 8.15. The van der Waals surface area contributed by atoms with Crippen molar-refractivity contribution < 1.29 is 8.42 Å². The molecule has 1 N–H and O–H groups in total. The molecule has 0 radical (unpaired) electrons. The van der Waals surface area contributed by atoms with Crippen molar-refractivity contribution in [3.63, 3.8) is 0 Å². The van der Waals surface area contributed by atoms with Crippen molar-refractivity contribution in [3.8, 4) is 0 Å². The van der Waals surface area contributed by atoms with Crippen LogP contribution in [-0.2, 0) is 10.0 Å². The minimum atomic E-state index is -3.50. The summed E-state index contributed by atoms with van der Waals surface area (Å²) in [6.07, 6.45) is 3.79. The molecule has 0 spiro atoms. The highest BCUT2D eigenvalue weighted by Crippen LogP contribution is 2.16. The lowest BCUT2D eigenvalue weighted by atomic mass is 10.0. The molecule has 0 aliphatic heterocycles. The van der Waals surface area contributed by atoms with Gasteiger partial charge in [0, 0.05) is 6.04 Å². The van der Waals surface area contributed by atoms with Gasteiger partial charge in [-0.3, -0.25) is 0 Å². The van der Waals surface area contributed by atoms with Crippen molar-refractivity contribution in [2.75, 3.05) is 0 Å². The fraction of sp³-hybridized carbons (Fsp3) is 0.300. The third-order valence-electron chi connectivity index (χ3n) is 3.85. The van der Waals surface area contributed by atoms with Gasteiger partial charge in [0.1, 0.15) is 0 Å². The summed E-state index contributed by atoms with van der Waals surface area (Å²) in [6, 6.07) is 14.9. The molecule has 0 aliphatic carbocycles. The first-order valence-corrected chi connectivity index (χ1v) is 9.63. The van der Waals surface area contributed by atoms with Crippen LogP contribution in [0.1, 0.15) is 43.4 Å².